The van der Waals surface area contributed by atoms with Gasteiger partial charge in [0, 0.05) is 18.5 Å². The highest BCUT2D eigenvalue weighted by Gasteiger charge is 2.26. The van der Waals surface area contributed by atoms with Gasteiger partial charge in [-0.3, -0.25) is 4.79 Å². The summed E-state index contributed by atoms with van der Waals surface area (Å²) >= 11 is 6.43. The number of pyridine rings is 1. The molecule has 1 saturated heterocycles. The highest BCUT2D eigenvalue weighted by Crippen LogP contribution is 2.31. The second kappa shape index (κ2) is 6.97. The quantitative estimate of drug-likeness (QED) is 0.536. The average Bonchev–Trinajstić information content (AvgIpc) is 3.16. The maximum atomic E-state index is 13.0. The first-order valence-corrected chi connectivity index (χ1v) is 9.78. The first kappa shape index (κ1) is 17.8. The van der Waals surface area contributed by atoms with Crippen LogP contribution in [-0.2, 0) is 0 Å². The van der Waals surface area contributed by atoms with Crippen molar-refractivity contribution in [3.05, 3.63) is 53.3 Å². The van der Waals surface area contributed by atoms with Gasteiger partial charge in [-0.25, -0.2) is 19.9 Å². The Hall–Kier alpha value is -3.26. The van der Waals surface area contributed by atoms with Crippen LogP contribution in [0.1, 0.15) is 35.6 Å². The standard InChI is InChI=1S/C20H18ClN7O/c1-11(26-19-17-18(23-9-22-17)24-10-25-19)14-8-12-4-2-5-13(21)15(12)16(27-14)20(29)28-6-3-7-28/h2,4-5,8-11H,3,6-7H2,1H3,(H2,22,23,24,25,26)/t11-/m0/s1. The van der Waals surface area contributed by atoms with Crippen LogP contribution in [0.5, 0.6) is 0 Å². The Morgan fingerprint density at radius 2 is 2.14 bits per heavy atom. The van der Waals surface area contributed by atoms with Gasteiger partial charge in [0.05, 0.1) is 23.1 Å². The van der Waals surface area contributed by atoms with Gasteiger partial charge in [0.25, 0.3) is 5.91 Å². The fourth-order valence-electron chi connectivity index (χ4n) is 3.48. The molecule has 1 aliphatic rings. The lowest BCUT2D eigenvalue weighted by molar-refractivity contribution is 0.0647. The van der Waals surface area contributed by atoms with Crippen molar-refractivity contribution in [3.8, 4) is 0 Å². The van der Waals surface area contributed by atoms with Crippen molar-refractivity contribution in [2.75, 3.05) is 18.4 Å². The molecule has 4 aromatic rings. The molecule has 9 heteroatoms. The zero-order valence-electron chi connectivity index (χ0n) is 15.7. The SMILES string of the molecule is C[C@H](Nc1ncnc2[nH]cnc12)c1cc2cccc(Cl)c2c(C(=O)N2CCC2)n1. The zero-order valence-corrected chi connectivity index (χ0v) is 16.4. The van der Waals surface area contributed by atoms with E-state index in [0.717, 1.165) is 30.6 Å². The van der Waals surface area contributed by atoms with E-state index in [1.54, 1.807) is 17.3 Å². The molecule has 1 aliphatic heterocycles. The summed E-state index contributed by atoms with van der Waals surface area (Å²) in [5.41, 5.74) is 2.43. The van der Waals surface area contributed by atoms with Gasteiger partial charge in [0.15, 0.2) is 11.5 Å². The summed E-state index contributed by atoms with van der Waals surface area (Å²) < 4.78 is 0. The van der Waals surface area contributed by atoms with Crippen LogP contribution in [0.15, 0.2) is 36.9 Å². The molecule has 0 bridgehead atoms. The Morgan fingerprint density at radius 3 is 2.93 bits per heavy atom. The van der Waals surface area contributed by atoms with Gasteiger partial charge in [0.2, 0.25) is 0 Å². The molecule has 0 spiro atoms. The molecule has 1 atom stereocenters. The van der Waals surface area contributed by atoms with E-state index in [1.165, 1.54) is 6.33 Å². The number of fused-ring (bicyclic) bond motifs is 2. The number of halogens is 1. The number of hydrogen-bond acceptors (Lipinski definition) is 6. The molecule has 146 valence electrons. The lowest BCUT2D eigenvalue weighted by Gasteiger charge is -2.31. The van der Waals surface area contributed by atoms with Crippen molar-refractivity contribution < 1.29 is 4.79 Å². The van der Waals surface area contributed by atoms with Crippen LogP contribution in [0, 0.1) is 0 Å². The number of rotatable bonds is 4. The van der Waals surface area contributed by atoms with Crippen LogP contribution in [0.2, 0.25) is 5.02 Å². The molecule has 29 heavy (non-hydrogen) atoms. The lowest BCUT2D eigenvalue weighted by atomic mass is 10.0. The molecular formula is C20H18ClN7O. The summed E-state index contributed by atoms with van der Waals surface area (Å²) in [4.78, 5) is 35.2. The van der Waals surface area contributed by atoms with Gasteiger partial charge in [-0.1, -0.05) is 23.7 Å². The number of aromatic amines is 1. The number of likely N-dealkylation sites (tertiary alicyclic amines) is 1. The van der Waals surface area contributed by atoms with E-state index in [1.807, 2.05) is 25.1 Å². The monoisotopic (exact) mass is 407 g/mol. The van der Waals surface area contributed by atoms with E-state index in [9.17, 15) is 4.79 Å². The van der Waals surface area contributed by atoms with Gasteiger partial charge in [0.1, 0.15) is 17.5 Å². The highest BCUT2D eigenvalue weighted by molar-refractivity contribution is 6.36. The molecule has 1 aromatic carbocycles. The average molecular weight is 408 g/mol. The number of amides is 1. The second-order valence-electron chi connectivity index (χ2n) is 7.07. The highest BCUT2D eigenvalue weighted by atomic mass is 35.5. The Labute approximate surface area is 171 Å². The van der Waals surface area contributed by atoms with Gasteiger partial charge >= 0.3 is 0 Å². The maximum absolute atomic E-state index is 13.0. The largest absolute Gasteiger partial charge is 0.360 e. The predicted octanol–water partition coefficient (Wildman–Crippen LogP) is 3.57. The Morgan fingerprint density at radius 1 is 1.28 bits per heavy atom. The minimum Gasteiger partial charge on any atom is -0.360 e. The van der Waals surface area contributed by atoms with E-state index < -0.39 is 0 Å². The molecule has 1 fully saturated rings. The summed E-state index contributed by atoms with van der Waals surface area (Å²) in [6.45, 7) is 3.47. The molecule has 5 rings (SSSR count). The summed E-state index contributed by atoms with van der Waals surface area (Å²) in [5, 5.41) is 5.44. The van der Waals surface area contributed by atoms with Crippen LogP contribution in [0.4, 0.5) is 5.82 Å². The van der Waals surface area contributed by atoms with Crippen LogP contribution < -0.4 is 5.32 Å². The summed E-state index contributed by atoms with van der Waals surface area (Å²) in [6.07, 6.45) is 4.07. The van der Waals surface area contributed by atoms with E-state index in [2.05, 4.69) is 25.3 Å². The molecule has 2 N–H and O–H groups in total. The van der Waals surface area contributed by atoms with Crippen LogP contribution in [0.25, 0.3) is 21.9 Å². The molecule has 1 amide bonds. The van der Waals surface area contributed by atoms with Gasteiger partial charge < -0.3 is 15.2 Å². The molecule has 8 nitrogen and oxygen atoms in total. The zero-order chi connectivity index (χ0) is 20.0. The number of H-pyrrole nitrogens is 1. The van der Waals surface area contributed by atoms with Crippen molar-refractivity contribution in [2.45, 2.75) is 19.4 Å². The molecular weight excluding hydrogens is 390 g/mol. The van der Waals surface area contributed by atoms with Crippen molar-refractivity contribution in [3.63, 3.8) is 0 Å². The number of benzene rings is 1. The van der Waals surface area contributed by atoms with Gasteiger partial charge in [-0.05, 0) is 30.9 Å². The maximum Gasteiger partial charge on any atom is 0.273 e. The third-order valence-electron chi connectivity index (χ3n) is 5.19. The normalized spacial score (nSPS) is 14.8. The molecule has 0 radical (unpaired) electrons. The number of nitrogens with zero attached hydrogens (tertiary/aromatic N) is 5. The second-order valence-corrected chi connectivity index (χ2v) is 7.47. The van der Waals surface area contributed by atoms with Crippen molar-refractivity contribution in [1.82, 2.24) is 29.8 Å². The third kappa shape index (κ3) is 3.05. The number of anilines is 1. The van der Waals surface area contributed by atoms with E-state index in [-0.39, 0.29) is 11.9 Å². The number of hydrogen-bond donors (Lipinski definition) is 2. The molecule has 0 unspecified atom stereocenters. The molecule has 0 saturated carbocycles. The smallest absolute Gasteiger partial charge is 0.273 e. The summed E-state index contributed by atoms with van der Waals surface area (Å²) in [5.74, 6) is 0.521. The minimum absolute atomic E-state index is 0.0832. The summed E-state index contributed by atoms with van der Waals surface area (Å²) in [6, 6.07) is 7.35. The number of nitrogens with one attached hydrogen (secondary N) is 2. The lowest BCUT2D eigenvalue weighted by Crippen LogP contribution is -2.42. The third-order valence-corrected chi connectivity index (χ3v) is 5.50. The molecule has 3 aromatic heterocycles. The predicted molar refractivity (Wildman–Crippen MR) is 111 cm³/mol. The van der Waals surface area contributed by atoms with Crippen molar-refractivity contribution in [2.24, 2.45) is 0 Å². The van der Waals surface area contributed by atoms with Crippen LogP contribution in [-0.4, -0.2) is 48.8 Å². The van der Waals surface area contributed by atoms with Crippen LogP contribution in [0.3, 0.4) is 0 Å². The van der Waals surface area contributed by atoms with Crippen molar-refractivity contribution >= 4 is 45.3 Å². The summed E-state index contributed by atoms with van der Waals surface area (Å²) in [7, 11) is 0. The van der Waals surface area contributed by atoms with E-state index in [0.29, 0.717) is 33.1 Å². The fourth-order valence-corrected chi connectivity index (χ4v) is 3.75. The molecule has 4 heterocycles. The molecule has 0 aliphatic carbocycles. The Balaban J connectivity index is 1.57. The number of imidazole rings is 1. The Bertz CT molecular complexity index is 1230. The minimum atomic E-state index is -0.212. The fraction of sp³-hybridized carbons (Fsp3) is 0.250. The first-order chi connectivity index (χ1) is 14.1. The number of aromatic nitrogens is 5. The van der Waals surface area contributed by atoms with Gasteiger partial charge in [-0.2, -0.15) is 0 Å². The number of carbonyl (C=O) groups is 1. The number of carbonyl (C=O) groups excluding carboxylic acids is 1. The Kier molecular flexibility index (Phi) is 4.28. The van der Waals surface area contributed by atoms with Gasteiger partial charge in [-0.15, -0.1) is 0 Å². The first-order valence-electron chi connectivity index (χ1n) is 9.41. The van der Waals surface area contributed by atoms with Crippen molar-refractivity contribution in [1.29, 1.82) is 0 Å². The van der Waals surface area contributed by atoms with Crippen LogP contribution >= 0.6 is 11.6 Å². The van der Waals surface area contributed by atoms with E-state index >= 15 is 0 Å². The van der Waals surface area contributed by atoms with E-state index in [4.69, 9.17) is 16.6 Å². The topological polar surface area (TPSA) is 99.7 Å².